The molecule has 1 heterocycles. The van der Waals surface area contributed by atoms with E-state index >= 15 is 0 Å². The Morgan fingerprint density at radius 1 is 1.56 bits per heavy atom. The number of alkyl halides is 3. The summed E-state index contributed by atoms with van der Waals surface area (Å²) in [6.07, 6.45) is -4.58. The van der Waals surface area contributed by atoms with E-state index in [0.29, 0.717) is 5.69 Å². The van der Waals surface area contributed by atoms with Gasteiger partial charge in [0.15, 0.2) is 0 Å². The molecular weight excluding hydrogens is 267 g/mol. The number of halogens is 3. The van der Waals surface area contributed by atoms with Gasteiger partial charge in [-0.1, -0.05) is 12.2 Å². The lowest BCUT2D eigenvalue weighted by atomic mass is 10.1. The molecule has 1 atom stereocenters. The van der Waals surface area contributed by atoms with E-state index in [1.165, 1.54) is 13.0 Å². The molecule has 100 valence electrons. The van der Waals surface area contributed by atoms with Crippen LogP contribution in [0.5, 0.6) is 0 Å². The first-order valence-corrected chi connectivity index (χ1v) is 5.45. The number of thiocarbonyl (C=S) groups is 1. The average molecular weight is 279 g/mol. The van der Waals surface area contributed by atoms with Gasteiger partial charge in [0.05, 0.1) is 4.99 Å². The average Bonchev–Trinajstić information content (AvgIpc) is 2.12. The van der Waals surface area contributed by atoms with Crippen LogP contribution in [0.3, 0.4) is 0 Å². The Hall–Kier alpha value is -1.44. The van der Waals surface area contributed by atoms with Crippen LogP contribution in [0, 0.1) is 19.8 Å². The van der Waals surface area contributed by atoms with E-state index in [1.807, 2.05) is 0 Å². The first-order chi connectivity index (χ1) is 8.12. The zero-order valence-corrected chi connectivity index (χ0v) is 10.6. The van der Waals surface area contributed by atoms with Crippen molar-refractivity contribution in [2.75, 3.05) is 0 Å². The van der Waals surface area contributed by atoms with Crippen molar-refractivity contribution in [2.24, 2.45) is 11.7 Å². The maximum absolute atomic E-state index is 12.7. The Morgan fingerprint density at radius 3 is 2.50 bits per heavy atom. The van der Waals surface area contributed by atoms with Gasteiger partial charge in [-0.2, -0.15) is 13.2 Å². The fraction of sp³-hybridized carbons (Fsp3) is 0.500. The topological polar surface area (TPSA) is 60.9 Å². The molecular formula is C10H12F3N3OS. The molecule has 1 rings (SSSR count). The van der Waals surface area contributed by atoms with Crippen molar-refractivity contribution in [3.05, 3.63) is 27.9 Å². The van der Waals surface area contributed by atoms with Gasteiger partial charge in [0, 0.05) is 18.3 Å². The van der Waals surface area contributed by atoms with Crippen molar-refractivity contribution >= 4 is 17.2 Å². The van der Waals surface area contributed by atoms with Gasteiger partial charge >= 0.3 is 6.18 Å². The van der Waals surface area contributed by atoms with E-state index in [9.17, 15) is 18.0 Å². The minimum Gasteiger partial charge on any atom is -0.393 e. The third kappa shape index (κ3) is 3.28. The molecule has 0 bridgehead atoms. The standard InChI is InChI=1S/C10H12F3N3OS/c1-5-3-8(17)16(6(2)15-5)4-7(9(14)18)10(11,12)13/h3,7H,4H2,1-2H3,(H2,14,18). The first-order valence-electron chi connectivity index (χ1n) is 5.04. The molecule has 0 saturated heterocycles. The van der Waals surface area contributed by atoms with Crippen LogP contribution in [0.2, 0.25) is 0 Å². The molecule has 0 amide bonds. The maximum atomic E-state index is 12.7. The minimum absolute atomic E-state index is 0.200. The Morgan fingerprint density at radius 2 is 2.11 bits per heavy atom. The van der Waals surface area contributed by atoms with Crippen molar-refractivity contribution in [2.45, 2.75) is 26.6 Å². The number of hydrogen-bond donors (Lipinski definition) is 1. The second-order valence-corrected chi connectivity index (χ2v) is 4.36. The quantitative estimate of drug-likeness (QED) is 0.848. The van der Waals surface area contributed by atoms with Crippen LogP contribution < -0.4 is 11.3 Å². The SMILES string of the molecule is Cc1cc(=O)n(CC(C(N)=S)C(F)(F)F)c(C)n1. The molecule has 4 nitrogen and oxygen atoms in total. The number of hydrogen-bond acceptors (Lipinski definition) is 3. The Bertz CT molecular complexity index is 524. The van der Waals surface area contributed by atoms with E-state index < -0.39 is 29.2 Å². The predicted octanol–water partition coefficient (Wildman–Crippen LogP) is 1.32. The Balaban J connectivity index is 3.18. The summed E-state index contributed by atoms with van der Waals surface area (Å²) in [7, 11) is 0. The van der Waals surface area contributed by atoms with Crippen molar-refractivity contribution in [1.82, 2.24) is 9.55 Å². The van der Waals surface area contributed by atoms with Crippen LogP contribution in [0.15, 0.2) is 10.9 Å². The summed E-state index contributed by atoms with van der Waals surface area (Å²) in [5.74, 6) is -1.83. The summed E-state index contributed by atoms with van der Waals surface area (Å²) in [6.45, 7) is 2.41. The van der Waals surface area contributed by atoms with Crippen LogP contribution in [-0.4, -0.2) is 20.7 Å². The fourth-order valence-electron chi connectivity index (χ4n) is 1.52. The van der Waals surface area contributed by atoms with Crippen LogP contribution in [0.1, 0.15) is 11.5 Å². The van der Waals surface area contributed by atoms with Gasteiger partial charge < -0.3 is 5.73 Å². The summed E-state index contributed by atoms with van der Waals surface area (Å²) in [4.78, 5) is 14.9. The van der Waals surface area contributed by atoms with Gasteiger partial charge in [0.2, 0.25) is 0 Å². The van der Waals surface area contributed by atoms with E-state index in [4.69, 9.17) is 5.73 Å². The van der Waals surface area contributed by atoms with Gasteiger partial charge in [-0.15, -0.1) is 0 Å². The number of nitrogens with zero attached hydrogens (tertiary/aromatic N) is 2. The molecule has 0 aliphatic heterocycles. The normalized spacial score (nSPS) is 13.4. The van der Waals surface area contributed by atoms with Crippen molar-refractivity contribution in [3.63, 3.8) is 0 Å². The molecule has 8 heteroatoms. The Kier molecular flexibility index (Phi) is 4.10. The first kappa shape index (κ1) is 14.6. The van der Waals surface area contributed by atoms with Crippen LogP contribution in [-0.2, 0) is 6.54 Å². The van der Waals surface area contributed by atoms with Gasteiger partial charge in [-0.05, 0) is 13.8 Å². The molecule has 1 unspecified atom stereocenters. The molecule has 2 N–H and O–H groups in total. The monoisotopic (exact) mass is 279 g/mol. The zero-order valence-electron chi connectivity index (χ0n) is 9.78. The van der Waals surface area contributed by atoms with E-state index in [-0.39, 0.29) is 5.82 Å². The number of aromatic nitrogens is 2. The summed E-state index contributed by atoms with van der Waals surface area (Å²) in [5, 5.41) is 0. The fourth-order valence-corrected chi connectivity index (χ4v) is 1.73. The second-order valence-electron chi connectivity index (χ2n) is 3.89. The van der Waals surface area contributed by atoms with Gasteiger partial charge in [0.1, 0.15) is 11.7 Å². The third-order valence-electron chi connectivity index (χ3n) is 2.43. The number of nitrogens with two attached hydrogens (primary N) is 1. The second kappa shape index (κ2) is 5.05. The maximum Gasteiger partial charge on any atom is 0.399 e. The molecule has 1 aromatic heterocycles. The molecule has 0 aliphatic carbocycles. The van der Waals surface area contributed by atoms with E-state index in [2.05, 4.69) is 17.2 Å². The van der Waals surface area contributed by atoms with Crippen LogP contribution in [0.4, 0.5) is 13.2 Å². The molecule has 0 radical (unpaired) electrons. The van der Waals surface area contributed by atoms with Crippen molar-refractivity contribution in [3.8, 4) is 0 Å². The van der Waals surface area contributed by atoms with Crippen LogP contribution in [0.25, 0.3) is 0 Å². The smallest absolute Gasteiger partial charge is 0.393 e. The lowest BCUT2D eigenvalue weighted by molar-refractivity contribution is -0.158. The lowest BCUT2D eigenvalue weighted by Gasteiger charge is -2.20. The predicted molar refractivity (Wildman–Crippen MR) is 64.3 cm³/mol. The molecule has 0 fully saturated rings. The molecule has 0 spiro atoms. The minimum atomic E-state index is -4.58. The third-order valence-corrected chi connectivity index (χ3v) is 2.72. The highest BCUT2D eigenvalue weighted by molar-refractivity contribution is 7.80. The van der Waals surface area contributed by atoms with Gasteiger partial charge in [-0.25, -0.2) is 4.98 Å². The highest BCUT2D eigenvalue weighted by Gasteiger charge is 2.42. The van der Waals surface area contributed by atoms with Crippen molar-refractivity contribution in [1.29, 1.82) is 0 Å². The summed E-state index contributed by atoms with van der Waals surface area (Å²) in [6, 6.07) is 1.17. The van der Waals surface area contributed by atoms with Crippen LogP contribution >= 0.6 is 12.2 Å². The highest BCUT2D eigenvalue weighted by atomic mass is 32.1. The molecule has 0 aromatic carbocycles. The zero-order chi connectivity index (χ0) is 14.1. The molecule has 0 aliphatic rings. The van der Waals surface area contributed by atoms with E-state index in [1.54, 1.807) is 6.92 Å². The largest absolute Gasteiger partial charge is 0.399 e. The summed E-state index contributed by atoms with van der Waals surface area (Å²) < 4.78 is 39.0. The lowest BCUT2D eigenvalue weighted by Crippen LogP contribution is -2.40. The summed E-state index contributed by atoms with van der Waals surface area (Å²) in [5.41, 5.74) is 4.98. The number of rotatable bonds is 3. The van der Waals surface area contributed by atoms with Crippen molar-refractivity contribution < 1.29 is 13.2 Å². The molecule has 0 saturated carbocycles. The highest BCUT2D eigenvalue weighted by Crippen LogP contribution is 2.27. The summed E-state index contributed by atoms with van der Waals surface area (Å²) >= 11 is 4.40. The Labute approximate surface area is 107 Å². The van der Waals surface area contributed by atoms with Gasteiger partial charge in [-0.3, -0.25) is 9.36 Å². The van der Waals surface area contributed by atoms with E-state index in [0.717, 1.165) is 4.57 Å². The molecule has 1 aromatic rings. The molecule has 18 heavy (non-hydrogen) atoms. The number of aryl methyl sites for hydroxylation is 2. The van der Waals surface area contributed by atoms with Gasteiger partial charge in [0.25, 0.3) is 5.56 Å².